The van der Waals surface area contributed by atoms with E-state index in [0.29, 0.717) is 31.0 Å². The van der Waals surface area contributed by atoms with Gasteiger partial charge in [-0.05, 0) is 55.9 Å². The van der Waals surface area contributed by atoms with Crippen LogP contribution >= 0.6 is 11.6 Å². The van der Waals surface area contributed by atoms with Crippen molar-refractivity contribution in [1.29, 1.82) is 0 Å². The third-order valence-electron chi connectivity index (χ3n) is 6.52. The lowest BCUT2D eigenvalue weighted by molar-refractivity contribution is -0.154. The smallest absolute Gasteiger partial charge is 0.289 e. The van der Waals surface area contributed by atoms with Gasteiger partial charge in [0.2, 0.25) is 11.8 Å². The maximum Gasteiger partial charge on any atom is 0.289 e. The molecular weight excluding hydrogens is 418 g/mol. The molecule has 1 aliphatic carbocycles. The lowest BCUT2D eigenvalue weighted by Gasteiger charge is -2.44. The van der Waals surface area contributed by atoms with Crippen molar-refractivity contribution in [3.05, 3.63) is 40.6 Å². The molecule has 4 rings (SSSR count). The summed E-state index contributed by atoms with van der Waals surface area (Å²) in [6.45, 7) is 1.01. The molecule has 2 unspecified atom stereocenters. The molecule has 0 aromatic heterocycles. The van der Waals surface area contributed by atoms with E-state index in [1.54, 1.807) is 28.0 Å². The summed E-state index contributed by atoms with van der Waals surface area (Å²) in [6, 6.07) is 7.14. The number of likely N-dealkylation sites (tertiary alicyclic amines) is 1. The Morgan fingerprint density at radius 2 is 1.90 bits per heavy atom. The normalized spacial score (nSPS) is 25.8. The van der Waals surface area contributed by atoms with Gasteiger partial charge in [0.05, 0.1) is 6.04 Å². The highest BCUT2D eigenvalue weighted by Gasteiger charge is 2.42. The topological polar surface area (TPSA) is 92.9 Å². The van der Waals surface area contributed by atoms with Gasteiger partial charge in [-0.25, -0.2) is 0 Å². The minimum atomic E-state index is -0.309. The average Bonchev–Trinajstić information content (AvgIpc) is 2.76. The number of fused-ring (bicyclic) bond motifs is 1. The molecule has 3 fully saturated rings. The van der Waals surface area contributed by atoms with Crippen LogP contribution in [-0.2, 0) is 19.1 Å². The molecule has 1 aromatic rings. The van der Waals surface area contributed by atoms with Crippen LogP contribution < -0.4 is 5.73 Å². The van der Waals surface area contributed by atoms with Crippen molar-refractivity contribution in [3.8, 4) is 0 Å². The van der Waals surface area contributed by atoms with Crippen molar-refractivity contribution < 1.29 is 19.1 Å². The zero-order chi connectivity index (χ0) is 22.0. The van der Waals surface area contributed by atoms with E-state index in [9.17, 15) is 14.4 Å². The third kappa shape index (κ3) is 4.87. The Hall–Kier alpha value is -2.54. The molecule has 1 saturated carbocycles. The van der Waals surface area contributed by atoms with Crippen LogP contribution in [-0.4, -0.2) is 59.3 Å². The summed E-state index contributed by atoms with van der Waals surface area (Å²) in [5, 5.41) is 0.583. The van der Waals surface area contributed by atoms with Gasteiger partial charge in [0, 0.05) is 24.0 Å². The predicted molar refractivity (Wildman–Crippen MR) is 117 cm³/mol. The second-order valence-corrected chi connectivity index (χ2v) is 9.00. The first-order valence-electron chi connectivity index (χ1n) is 10.9. The summed E-state index contributed by atoms with van der Waals surface area (Å²) in [7, 11) is 0. The van der Waals surface area contributed by atoms with Crippen molar-refractivity contribution in [2.45, 2.75) is 50.7 Å². The van der Waals surface area contributed by atoms with Crippen LogP contribution in [0.25, 0.3) is 6.08 Å². The molecule has 0 spiro atoms. The van der Waals surface area contributed by atoms with E-state index in [-0.39, 0.29) is 48.1 Å². The molecule has 8 heteroatoms. The summed E-state index contributed by atoms with van der Waals surface area (Å²) >= 11 is 6.08. The van der Waals surface area contributed by atoms with Crippen molar-refractivity contribution in [2.75, 3.05) is 19.6 Å². The molecule has 166 valence electrons. The second-order valence-electron chi connectivity index (χ2n) is 8.56. The van der Waals surface area contributed by atoms with Crippen molar-refractivity contribution in [1.82, 2.24) is 9.80 Å². The van der Waals surface area contributed by atoms with Crippen LogP contribution in [0, 0.1) is 5.92 Å². The van der Waals surface area contributed by atoms with E-state index in [4.69, 9.17) is 22.1 Å². The number of morpholine rings is 1. The first kappa shape index (κ1) is 21.7. The van der Waals surface area contributed by atoms with E-state index < -0.39 is 0 Å². The molecule has 7 nitrogen and oxygen atoms in total. The van der Waals surface area contributed by atoms with Crippen LogP contribution in [0.1, 0.15) is 44.1 Å². The lowest BCUT2D eigenvalue weighted by atomic mass is 9.89. The summed E-state index contributed by atoms with van der Waals surface area (Å²) in [5.41, 5.74) is 6.18. The first-order chi connectivity index (χ1) is 14.9. The van der Waals surface area contributed by atoms with Gasteiger partial charge in [0.15, 0.2) is 5.76 Å². The number of carbonyl (C=O) groups excluding carboxylic acids is 3. The Kier molecular flexibility index (Phi) is 6.51. The number of halogens is 1. The second kappa shape index (κ2) is 9.30. The zero-order valence-corrected chi connectivity index (χ0v) is 18.2. The van der Waals surface area contributed by atoms with E-state index in [1.807, 2.05) is 12.1 Å². The fourth-order valence-electron chi connectivity index (χ4n) is 4.77. The van der Waals surface area contributed by atoms with Crippen LogP contribution in [0.15, 0.2) is 30.0 Å². The summed E-state index contributed by atoms with van der Waals surface area (Å²) in [6.07, 6.45) is 6.49. The van der Waals surface area contributed by atoms with Crippen LogP contribution in [0.3, 0.4) is 0 Å². The van der Waals surface area contributed by atoms with Crippen molar-refractivity contribution in [2.24, 2.45) is 11.7 Å². The number of carbonyl (C=O) groups is 3. The maximum atomic E-state index is 13.3. The summed E-state index contributed by atoms with van der Waals surface area (Å²) in [5.74, 6) is -0.584. The molecule has 2 saturated heterocycles. The number of hydrogen-bond acceptors (Lipinski definition) is 4. The SMILES string of the molecule is NC(=O)C1CCN(C(=O)CN2C(=O)/C(=C\c3cccc(Cl)c3)OC3CCCCC32)CC1. The van der Waals surface area contributed by atoms with Gasteiger partial charge in [-0.2, -0.15) is 0 Å². The molecule has 0 radical (unpaired) electrons. The predicted octanol–water partition coefficient (Wildman–Crippen LogP) is 2.57. The number of nitrogens with zero attached hydrogens (tertiary/aromatic N) is 2. The van der Waals surface area contributed by atoms with Crippen LogP contribution in [0.4, 0.5) is 0 Å². The van der Waals surface area contributed by atoms with Gasteiger partial charge in [0.1, 0.15) is 12.6 Å². The zero-order valence-electron chi connectivity index (χ0n) is 17.5. The Morgan fingerprint density at radius 3 is 2.61 bits per heavy atom. The number of amides is 3. The minimum absolute atomic E-state index is 0.0253. The van der Waals surface area contributed by atoms with Crippen LogP contribution in [0.2, 0.25) is 5.02 Å². The molecule has 2 aliphatic heterocycles. The fraction of sp³-hybridized carbons (Fsp3) is 0.522. The number of primary amides is 1. The van der Waals surface area contributed by atoms with E-state index in [1.165, 1.54) is 0 Å². The highest BCUT2D eigenvalue weighted by molar-refractivity contribution is 6.30. The summed E-state index contributed by atoms with van der Waals surface area (Å²) in [4.78, 5) is 41.1. The number of benzene rings is 1. The van der Waals surface area contributed by atoms with Crippen molar-refractivity contribution >= 4 is 35.4 Å². The van der Waals surface area contributed by atoms with Crippen molar-refractivity contribution in [3.63, 3.8) is 0 Å². The molecule has 3 amide bonds. The number of hydrogen-bond donors (Lipinski definition) is 1. The molecule has 31 heavy (non-hydrogen) atoms. The van der Waals surface area contributed by atoms with Gasteiger partial charge in [-0.3, -0.25) is 14.4 Å². The standard InChI is InChI=1S/C23H28ClN3O4/c24-17-5-3-4-15(12-17)13-20-23(30)27(18-6-1-2-7-19(18)31-20)14-21(28)26-10-8-16(9-11-26)22(25)29/h3-5,12-13,16,18-19H,1-2,6-11,14H2,(H2,25,29)/b20-13+. The Labute approximate surface area is 187 Å². The van der Waals surface area contributed by atoms with E-state index in [0.717, 1.165) is 31.2 Å². The quantitative estimate of drug-likeness (QED) is 0.721. The minimum Gasteiger partial charge on any atom is -0.482 e. The lowest BCUT2D eigenvalue weighted by Crippen LogP contribution is -2.57. The molecule has 3 aliphatic rings. The monoisotopic (exact) mass is 445 g/mol. The van der Waals surface area contributed by atoms with Crippen LogP contribution in [0.5, 0.6) is 0 Å². The van der Waals surface area contributed by atoms with Gasteiger partial charge in [-0.1, -0.05) is 30.2 Å². The van der Waals surface area contributed by atoms with Gasteiger partial charge in [-0.15, -0.1) is 0 Å². The number of nitrogens with two attached hydrogens (primary N) is 1. The average molecular weight is 446 g/mol. The molecule has 0 bridgehead atoms. The Morgan fingerprint density at radius 1 is 1.16 bits per heavy atom. The van der Waals surface area contributed by atoms with E-state index in [2.05, 4.69) is 0 Å². The number of ether oxygens (including phenoxy) is 1. The number of piperidine rings is 1. The van der Waals surface area contributed by atoms with Gasteiger partial charge in [0.25, 0.3) is 5.91 Å². The Balaban J connectivity index is 1.51. The third-order valence-corrected chi connectivity index (χ3v) is 6.76. The largest absolute Gasteiger partial charge is 0.482 e. The molecule has 2 atom stereocenters. The fourth-order valence-corrected chi connectivity index (χ4v) is 4.97. The van der Waals surface area contributed by atoms with Gasteiger partial charge >= 0.3 is 0 Å². The maximum absolute atomic E-state index is 13.3. The molecular formula is C23H28ClN3O4. The Bertz CT molecular complexity index is 895. The van der Waals surface area contributed by atoms with Gasteiger partial charge < -0.3 is 20.3 Å². The molecule has 2 N–H and O–H groups in total. The van der Waals surface area contributed by atoms with E-state index >= 15 is 0 Å². The summed E-state index contributed by atoms with van der Waals surface area (Å²) < 4.78 is 6.09. The number of rotatable bonds is 4. The first-order valence-corrected chi connectivity index (χ1v) is 11.3. The molecule has 2 heterocycles. The highest BCUT2D eigenvalue weighted by Crippen LogP contribution is 2.33. The molecule has 1 aromatic carbocycles. The highest BCUT2D eigenvalue weighted by atomic mass is 35.5.